The largest absolute Gasteiger partial charge is 0.332 e. The first-order chi connectivity index (χ1) is 15.5. The zero-order valence-corrected chi connectivity index (χ0v) is 24.0. The molecule has 3 rings (SSSR count). The maximum absolute atomic E-state index is 12.8. The molecule has 0 unspecified atom stereocenters. The van der Waals surface area contributed by atoms with Crippen molar-refractivity contribution in [2.75, 3.05) is 10.6 Å². The number of anilines is 2. The van der Waals surface area contributed by atoms with Gasteiger partial charge in [-0.2, -0.15) is 0 Å². The van der Waals surface area contributed by atoms with Gasteiger partial charge in [-0.1, -0.05) is 13.8 Å². The van der Waals surface area contributed by atoms with Gasteiger partial charge in [-0.15, -0.1) is 0 Å². The van der Waals surface area contributed by atoms with Gasteiger partial charge in [-0.25, -0.2) is 0 Å². The molecule has 0 spiro atoms. The summed E-state index contributed by atoms with van der Waals surface area (Å²) in [7, 11) is 0. The van der Waals surface area contributed by atoms with Crippen LogP contribution < -0.4 is 21.3 Å². The van der Waals surface area contributed by atoms with E-state index < -0.39 is 0 Å². The predicted octanol–water partition coefficient (Wildman–Crippen LogP) is 5.27. The average Bonchev–Trinajstić information content (AvgIpc) is 2.74. The molecule has 1 aliphatic rings. The molecule has 33 heavy (non-hydrogen) atoms. The number of amides is 2. The number of benzene rings is 2. The summed E-state index contributed by atoms with van der Waals surface area (Å²) < 4.78 is 2.23. The lowest BCUT2D eigenvalue weighted by atomic mass is 9.53. The molecule has 2 amide bonds. The molecule has 10 heteroatoms. The number of nitrogens with one attached hydrogen (secondary N) is 4. The molecular formula is C23H24I2N4O2S2. The summed E-state index contributed by atoms with van der Waals surface area (Å²) >= 11 is 15.0. The van der Waals surface area contributed by atoms with Crippen molar-refractivity contribution in [3.63, 3.8) is 0 Å². The van der Waals surface area contributed by atoms with Gasteiger partial charge in [-0.05, 0) is 136 Å². The van der Waals surface area contributed by atoms with Crippen LogP contribution in [0.3, 0.4) is 0 Å². The van der Waals surface area contributed by atoms with Crippen LogP contribution >= 0.6 is 69.6 Å². The Balaban J connectivity index is 1.45. The first-order valence-electron chi connectivity index (χ1n) is 10.3. The van der Waals surface area contributed by atoms with Crippen molar-refractivity contribution in [1.82, 2.24) is 10.6 Å². The third-order valence-corrected chi connectivity index (χ3v) is 7.76. The van der Waals surface area contributed by atoms with Crippen LogP contribution in [-0.2, 0) is 9.59 Å². The van der Waals surface area contributed by atoms with Crippen LogP contribution in [0.2, 0.25) is 0 Å². The summed E-state index contributed by atoms with van der Waals surface area (Å²) in [6.45, 7) is 4.02. The van der Waals surface area contributed by atoms with Crippen molar-refractivity contribution in [1.29, 1.82) is 0 Å². The lowest BCUT2D eigenvalue weighted by Crippen LogP contribution is -2.55. The molecule has 0 heterocycles. The third-order valence-electron chi connectivity index (χ3n) is 5.91. The zero-order chi connectivity index (χ0) is 24.2. The minimum absolute atomic E-state index is 0.0760. The van der Waals surface area contributed by atoms with Crippen LogP contribution in [0.15, 0.2) is 48.5 Å². The molecule has 1 saturated carbocycles. The molecule has 0 aliphatic heterocycles. The normalized spacial score (nSPS) is 18.4. The van der Waals surface area contributed by atoms with Gasteiger partial charge in [0.05, 0.1) is 0 Å². The highest BCUT2D eigenvalue weighted by atomic mass is 127. The van der Waals surface area contributed by atoms with E-state index in [1.807, 2.05) is 62.4 Å². The van der Waals surface area contributed by atoms with Gasteiger partial charge in [0, 0.05) is 30.9 Å². The van der Waals surface area contributed by atoms with E-state index in [-0.39, 0.29) is 39.3 Å². The summed E-state index contributed by atoms with van der Waals surface area (Å²) in [6.07, 6.45) is 0.923. The molecule has 0 bridgehead atoms. The molecule has 2 aromatic carbocycles. The van der Waals surface area contributed by atoms with Gasteiger partial charge >= 0.3 is 0 Å². The van der Waals surface area contributed by atoms with Gasteiger partial charge < -0.3 is 21.3 Å². The monoisotopic (exact) mass is 706 g/mol. The fourth-order valence-electron chi connectivity index (χ4n) is 3.80. The SMILES string of the molecule is CC1(C)[C@@H](CC(=O)NC(=S)Nc2ccc(I)cc2)C[C@H]1C(=O)NC(=S)Nc1ccc(I)cc1. The predicted molar refractivity (Wildman–Crippen MR) is 157 cm³/mol. The second-order valence-corrected chi connectivity index (χ2v) is 11.8. The number of carbonyl (C=O) groups excluding carboxylic acids is 2. The topological polar surface area (TPSA) is 82.3 Å². The van der Waals surface area contributed by atoms with Gasteiger partial charge in [0.15, 0.2) is 10.2 Å². The number of carbonyl (C=O) groups is 2. The minimum Gasteiger partial charge on any atom is -0.332 e. The van der Waals surface area contributed by atoms with Gasteiger partial charge in [-0.3, -0.25) is 9.59 Å². The summed E-state index contributed by atoms with van der Waals surface area (Å²) in [4.78, 5) is 25.3. The van der Waals surface area contributed by atoms with Crippen LogP contribution in [0.4, 0.5) is 11.4 Å². The molecule has 6 nitrogen and oxygen atoms in total. The Labute approximate surface area is 231 Å². The van der Waals surface area contributed by atoms with Gasteiger partial charge in [0.2, 0.25) is 11.8 Å². The number of thiocarbonyl (C=S) groups is 2. The van der Waals surface area contributed by atoms with Crippen molar-refractivity contribution < 1.29 is 9.59 Å². The van der Waals surface area contributed by atoms with E-state index in [0.717, 1.165) is 18.5 Å². The number of rotatable bonds is 5. The van der Waals surface area contributed by atoms with Gasteiger partial charge in [0.25, 0.3) is 0 Å². The fourth-order valence-corrected chi connectivity index (χ4v) is 4.97. The Morgan fingerprint density at radius 3 is 1.79 bits per heavy atom. The lowest BCUT2D eigenvalue weighted by molar-refractivity contribution is -0.143. The maximum Gasteiger partial charge on any atom is 0.229 e. The highest BCUT2D eigenvalue weighted by Crippen LogP contribution is 2.52. The smallest absolute Gasteiger partial charge is 0.229 e. The first-order valence-corrected chi connectivity index (χ1v) is 13.3. The van der Waals surface area contributed by atoms with Crippen molar-refractivity contribution in [2.45, 2.75) is 26.7 Å². The van der Waals surface area contributed by atoms with Crippen LogP contribution in [0, 0.1) is 24.4 Å². The second-order valence-electron chi connectivity index (χ2n) is 8.47. The number of hydrogen-bond acceptors (Lipinski definition) is 4. The molecule has 2 aromatic rings. The summed E-state index contributed by atoms with van der Waals surface area (Å²) in [5.74, 6) is -0.433. The zero-order valence-electron chi connectivity index (χ0n) is 18.1. The molecule has 1 fully saturated rings. The van der Waals surface area contributed by atoms with Crippen LogP contribution in [0.1, 0.15) is 26.7 Å². The van der Waals surface area contributed by atoms with E-state index in [9.17, 15) is 9.59 Å². The fraction of sp³-hybridized carbons (Fsp3) is 0.304. The lowest BCUT2D eigenvalue weighted by Gasteiger charge is -2.51. The quantitative estimate of drug-likeness (QED) is 0.251. The number of halogens is 2. The molecular weight excluding hydrogens is 682 g/mol. The standard InChI is InChI=1S/C23H24I2N4O2S2/c1-23(2)13(12-19(30)28-21(32)26-16-7-3-14(24)4-8-16)11-18(23)20(31)29-22(33)27-17-9-5-15(25)6-10-17/h3-10,13,18H,11-12H2,1-2H3,(H2,26,28,30,32)(H2,27,29,31,33)/t13-,18+/m1/s1. The average molecular weight is 706 g/mol. The molecule has 0 radical (unpaired) electrons. The third kappa shape index (κ3) is 7.30. The van der Waals surface area contributed by atoms with E-state index in [0.29, 0.717) is 12.8 Å². The highest BCUT2D eigenvalue weighted by molar-refractivity contribution is 14.1. The summed E-state index contributed by atoms with van der Waals surface area (Å²) in [5, 5.41) is 12.1. The molecule has 0 saturated heterocycles. The highest BCUT2D eigenvalue weighted by Gasteiger charge is 2.52. The van der Waals surface area contributed by atoms with Crippen LogP contribution in [0.5, 0.6) is 0 Å². The summed E-state index contributed by atoms with van der Waals surface area (Å²) in [5.41, 5.74) is 1.31. The van der Waals surface area contributed by atoms with Crippen LogP contribution in [0.25, 0.3) is 0 Å². The molecule has 1 aliphatic carbocycles. The van der Waals surface area contributed by atoms with Crippen molar-refractivity contribution in [2.24, 2.45) is 17.3 Å². The van der Waals surface area contributed by atoms with Crippen molar-refractivity contribution >= 4 is 103 Å². The Morgan fingerprint density at radius 1 is 0.879 bits per heavy atom. The Hall–Kier alpha value is -1.38. The number of hydrogen-bond donors (Lipinski definition) is 4. The van der Waals surface area contributed by atoms with E-state index in [2.05, 4.69) is 66.4 Å². The molecule has 0 aromatic heterocycles. The molecule has 4 N–H and O–H groups in total. The van der Waals surface area contributed by atoms with Gasteiger partial charge in [0.1, 0.15) is 0 Å². The van der Waals surface area contributed by atoms with E-state index in [4.69, 9.17) is 24.4 Å². The molecule has 2 atom stereocenters. The van der Waals surface area contributed by atoms with E-state index in [1.165, 1.54) is 0 Å². The van der Waals surface area contributed by atoms with E-state index >= 15 is 0 Å². The summed E-state index contributed by atoms with van der Waals surface area (Å²) in [6, 6.07) is 15.4. The first kappa shape index (κ1) is 26.2. The maximum atomic E-state index is 12.8. The second kappa shape index (κ2) is 11.4. The van der Waals surface area contributed by atoms with Crippen molar-refractivity contribution in [3.8, 4) is 0 Å². The Bertz CT molecular complexity index is 1060. The minimum atomic E-state index is -0.328. The Kier molecular flexibility index (Phi) is 9.03. The Morgan fingerprint density at radius 2 is 1.33 bits per heavy atom. The van der Waals surface area contributed by atoms with E-state index in [1.54, 1.807) is 0 Å². The van der Waals surface area contributed by atoms with Crippen molar-refractivity contribution in [3.05, 3.63) is 55.7 Å². The van der Waals surface area contributed by atoms with Crippen LogP contribution in [-0.4, -0.2) is 22.0 Å². The molecule has 174 valence electrons.